The molecule has 0 saturated carbocycles. The zero-order valence-corrected chi connectivity index (χ0v) is 20.3. The highest BCUT2D eigenvalue weighted by Gasteiger charge is 2.21. The van der Waals surface area contributed by atoms with Gasteiger partial charge in [-0.15, -0.1) is 0 Å². The summed E-state index contributed by atoms with van der Waals surface area (Å²) < 4.78 is 4.83. The first-order valence-corrected chi connectivity index (χ1v) is 12.2. The Hall–Kier alpha value is -2.82. The van der Waals surface area contributed by atoms with Crippen molar-refractivity contribution < 1.29 is 19.4 Å². The number of phenolic OH excluding ortho intramolecular Hbond substituents is 1. The third-order valence-corrected chi connectivity index (χ3v) is 5.25. The summed E-state index contributed by atoms with van der Waals surface area (Å²) in [6, 6.07) is 5.87. The van der Waals surface area contributed by atoms with Gasteiger partial charge in [0.1, 0.15) is 11.8 Å². The molecule has 0 bridgehead atoms. The van der Waals surface area contributed by atoms with Gasteiger partial charge in [-0.05, 0) is 56.2 Å². The van der Waals surface area contributed by atoms with Gasteiger partial charge in [0.2, 0.25) is 5.91 Å². The lowest BCUT2D eigenvalue weighted by Crippen LogP contribution is -2.43. The molecule has 0 unspecified atom stereocenters. The van der Waals surface area contributed by atoms with Crippen LogP contribution in [0.15, 0.2) is 60.7 Å². The monoisotopic (exact) mass is 455 g/mol. The molecule has 1 aromatic rings. The average Bonchev–Trinajstić information content (AvgIpc) is 2.82. The van der Waals surface area contributed by atoms with Gasteiger partial charge in [0.25, 0.3) is 0 Å². The van der Waals surface area contributed by atoms with Crippen molar-refractivity contribution in [3.8, 4) is 5.75 Å². The molecule has 0 aromatic heterocycles. The normalized spacial score (nSPS) is 12.5. The van der Waals surface area contributed by atoms with E-state index in [1.165, 1.54) is 13.5 Å². The molecule has 33 heavy (non-hydrogen) atoms. The number of hydrogen-bond donors (Lipinski definition) is 2. The smallest absolute Gasteiger partial charge is 0.328 e. The highest BCUT2D eigenvalue weighted by Crippen LogP contribution is 2.12. The minimum Gasteiger partial charge on any atom is -0.508 e. The third-order valence-electron chi connectivity index (χ3n) is 5.25. The van der Waals surface area contributed by atoms with Gasteiger partial charge in [-0.1, -0.05) is 74.8 Å². The Balaban J connectivity index is 2.14. The molecule has 1 amide bonds. The fourth-order valence-electron chi connectivity index (χ4n) is 3.37. The first kappa shape index (κ1) is 28.2. The Labute approximate surface area is 199 Å². The minimum absolute atomic E-state index is 0.134. The number of allylic oxidation sites excluding steroid dienone is 6. The zero-order chi connectivity index (χ0) is 24.2. The second-order valence-electron chi connectivity index (χ2n) is 8.11. The molecule has 0 aliphatic heterocycles. The molecule has 1 atom stereocenters. The number of ether oxygens (including phenoxy) is 1. The van der Waals surface area contributed by atoms with E-state index in [0.717, 1.165) is 56.9 Å². The summed E-state index contributed by atoms with van der Waals surface area (Å²) in [5.41, 5.74) is 0.845. The van der Waals surface area contributed by atoms with E-state index in [-0.39, 0.29) is 11.7 Å². The third kappa shape index (κ3) is 14.8. The SMILES string of the molecule is CC/C=C\C/C=C\C/C=C\CCCCCCCC(=O)N[C@@H](Cc1ccc(O)cc1)C(=O)OC. The van der Waals surface area contributed by atoms with E-state index in [4.69, 9.17) is 4.74 Å². The molecule has 0 fully saturated rings. The predicted octanol–water partition coefficient (Wildman–Crippen LogP) is 6.18. The number of hydrogen-bond acceptors (Lipinski definition) is 4. The van der Waals surface area contributed by atoms with Gasteiger partial charge in [0, 0.05) is 12.8 Å². The molecule has 0 radical (unpaired) electrons. The number of aromatic hydroxyl groups is 1. The number of methoxy groups -OCH3 is 1. The van der Waals surface area contributed by atoms with Crippen molar-refractivity contribution in [2.24, 2.45) is 0 Å². The molecular weight excluding hydrogens is 414 g/mol. The van der Waals surface area contributed by atoms with Crippen molar-refractivity contribution in [1.29, 1.82) is 0 Å². The van der Waals surface area contributed by atoms with Crippen LogP contribution in [0.1, 0.15) is 76.7 Å². The first-order valence-electron chi connectivity index (χ1n) is 12.2. The van der Waals surface area contributed by atoms with E-state index in [1.54, 1.807) is 24.3 Å². The van der Waals surface area contributed by atoms with Crippen LogP contribution >= 0.6 is 0 Å². The number of carbonyl (C=O) groups excluding carboxylic acids is 2. The topological polar surface area (TPSA) is 75.6 Å². The molecule has 0 aliphatic carbocycles. The summed E-state index contributed by atoms with van der Waals surface area (Å²) in [6.07, 6.45) is 23.5. The molecule has 1 rings (SSSR count). The van der Waals surface area contributed by atoms with Crippen LogP contribution in [0.4, 0.5) is 0 Å². The van der Waals surface area contributed by atoms with Crippen LogP contribution in [-0.4, -0.2) is 30.1 Å². The largest absolute Gasteiger partial charge is 0.508 e. The van der Waals surface area contributed by atoms with Crippen molar-refractivity contribution >= 4 is 11.9 Å². The number of benzene rings is 1. The highest BCUT2D eigenvalue weighted by molar-refractivity contribution is 5.84. The van der Waals surface area contributed by atoms with Gasteiger partial charge in [0.05, 0.1) is 7.11 Å². The summed E-state index contributed by atoms with van der Waals surface area (Å²) in [6.45, 7) is 2.14. The molecular formula is C28H41NO4. The number of unbranched alkanes of at least 4 members (excludes halogenated alkanes) is 5. The number of nitrogens with one attached hydrogen (secondary N) is 1. The Bertz CT molecular complexity index is 750. The van der Waals surface area contributed by atoms with E-state index in [1.807, 2.05) is 0 Å². The number of amides is 1. The molecule has 5 heteroatoms. The summed E-state index contributed by atoms with van der Waals surface area (Å²) in [5.74, 6) is -0.435. The van der Waals surface area contributed by atoms with E-state index in [2.05, 4.69) is 48.7 Å². The van der Waals surface area contributed by atoms with Crippen molar-refractivity contribution in [2.45, 2.75) is 83.6 Å². The summed E-state index contributed by atoms with van der Waals surface area (Å²) in [5, 5.41) is 12.2. The van der Waals surface area contributed by atoms with Crippen LogP contribution in [-0.2, 0) is 20.7 Å². The number of rotatable bonds is 17. The Morgan fingerprint density at radius 3 is 2.18 bits per heavy atom. The summed E-state index contributed by atoms with van der Waals surface area (Å²) in [7, 11) is 1.32. The van der Waals surface area contributed by atoms with Gasteiger partial charge in [0.15, 0.2) is 0 Å². The molecule has 0 saturated heterocycles. The van der Waals surface area contributed by atoms with E-state index < -0.39 is 12.0 Å². The lowest BCUT2D eigenvalue weighted by molar-refractivity contribution is -0.145. The van der Waals surface area contributed by atoms with Crippen LogP contribution in [0.25, 0.3) is 0 Å². The van der Waals surface area contributed by atoms with E-state index in [9.17, 15) is 14.7 Å². The Kier molecular flexibility index (Phi) is 16.0. The molecule has 0 spiro atoms. The van der Waals surface area contributed by atoms with Crippen LogP contribution in [0.5, 0.6) is 5.75 Å². The number of carbonyl (C=O) groups is 2. The van der Waals surface area contributed by atoms with Gasteiger partial charge < -0.3 is 15.2 Å². The lowest BCUT2D eigenvalue weighted by atomic mass is 10.0. The fourth-order valence-corrected chi connectivity index (χ4v) is 3.37. The Morgan fingerprint density at radius 1 is 0.909 bits per heavy atom. The molecule has 5 nitrogen and oxygen atoms in total. The maximum Gasteiger partial charge on any atom is 0.328 e. The number of phenols is 1. The van der Waals surface area contributed by atoms with Gasteiger partial charge in [-0.25, -0.2) is 4.79 Å². The predicted molar refractivity (Wildman–Crippen MR) is 135 cm³/mol. The van der Waals surface area contributed by atoms with Gasteiger partial charge >= 0.3 is 5.97 Å². The highest BCUT2D eigenvalue weighted by atomic mass is 16.5. The summed E-state index contributed by atoms with van der Waals surface area (Å²) in [4.78, 5) is 24.3. The molecule has 1 aromatic carbocycles. The maximum atomic E-state index is 12.3. The molecule has 2 N–H and O–H groups in total. The second kappa shape index (κ2) is 18.7. The van der Waals surface area contributed by atoms with Gasteiger partial charge in [-0.3, -0.25) is 4.79 Å². The van der Waals surface area contributed by atoms with E-state index >= 15 is 0 Å². The zero-order valence-electron chi connectivity index (χ0n) is 20.3. The van der Waals surface area contributed by atoms with Crippen molar-refractivity contribution in [3.63, 3.8) is 0 Å². The standard InChI is InChI=1S/C28H41NO4/c1-3-4-5-6-7-8-9-10-11-12-13-14-15-16-17-18-27(31)29-26(28(32)33-2)23-24-19-21-25(30)22-20-24/h4-5,7-8,10-11,19-22,26,30H,3,6,9,12-18,23H2,1-2H3,(H,29,31)/b5-4-,8-7-,11-10-/t26-/m0/s1. The van der Waals surface area contributed by atoms with Crippen LogP contribution in [0.3, 0.4) is 0 Å². The quantitative estimate of drug-likeness (QED) is 0.167. The van der Waals surface area contributed by atoms with Crippen LogP contribution in [0, 0.1) is 0 Å². The number of esters is 1. The van der Waals surface area contributed by atoms with Crippen molar-refractivity contribution in [2.75, 3.05) is 7.11 Å². The van der Waals surface area contributed by atoms with Crippen LogP contribution in [0.2, 0.25) is 0 Å². The van der Waals surface area contributed by atoms with E-state index in [0.29, 0.717) is 12.8 Å². The average molecular weight is 456 g/mol. The lowest BCUT2D eigenvalue weighted by Gasteiger charge is -2.16. The fraction of sp³-hybridized carbons (Fsp3) is 0.500. The van der Waals surface area contributed by atoms with Crippen molar-refractivity contribution in [1.82, 2.24) is 5.32 Å². The minimum atomic E-state index is -0.721. The molecule has 182 valence electrons. The maximum absolute atomic E-state index is 12.3. The van der Waals surface area contributed by atoms with Crippen molar-refractivity contribution in [3.05, 3.63) is 66.3 Å². The second-order valence-corrected chi connectivity index (χ2v) is 8.11. The van der Waals surface area contributed by atoms with Crippen LogP contribution < -0.4 is 5.32 Å². The summed E-state index contributed by atoms with van der Waals surface area (Å²) >= 11 is 0. The molecule has 0 heterocycles. The first-order chi connectivity index (χ1) is 16.1. The molecule has 0 aliphatic rings. The Morgan fingerprint density at radius 2 is 1.52 bits per heavy atom. The van der Waals surface area contributed by atoms with Gasteiger partial charge in [-0.2, -0.15) is 0 Å².